The molecule has 0 aliphatic carbocycles. The number of carbonyl (C=O) groups is 1. The molecule has 36 heavy (non-hydrogen) atoms. The summed E-state index contributed by atoms with van der Waals surface area (Å²) in [5.41, 5.74) is 1.53. The molecular weight excluding hydrogens is 583 g/mol. The van der Waals surface area contributed by atoms with Crippen LogP contribution >= 0.6 is 11.6 Å². The van der Waals surface area contributed by atoms with Gasteiger partial charge in [0.05, 0.1) is 17.2 Å². The van der Waals surface area contributed by atoms with Crippen molar-refractivity contribution in [1.82, 2.24) is 5.32 Å². The number of hydrogen-bond acceptors (Lipinski definition) is 2. The van der Waals surface area contributed by atoms with Crippen LogP contribution in [0.4, 0.5) is 0 Å². The van der Waals surface area contributed by atoms with Gasteiger partial charge in [0.25, 0.3) is 5.91 Å². The monoisotopic (exact) mass is 628 g/mol. The number of aromatic nitrogens is 1. The first-order chi connectivity index (χ1) is 17.1. The van der Waals surface area contributed by atoms with Gasteiger partial charge in [-0.25, -0.2) is 4.57 Å². The Balaban J connectivity index is 0.00000648. The zero-order chi connectivity index (χ0) is 25.1. The lowest BCUT2D eigenvalue weighted by molar-refractivity contribution is -0.697. The summed E-state index contributed by atoms with van der Waals surface area (Å²) in [4.78, 5) is 12.6. The van der Waals surface area contributed by atoms with E-state index in [0.29, 0.717) is 23.7 Å². The van der Waals surface area contributed by atoms with Crippen molar-refractivity contribution in [2.75, 3.05) is 6.61 Å². The molecule has 202 valence electrons. The number of benzene rings is 1. The summed E-state index contributed by atoms with van der Waals surface area (Å²) in [6.07, 6.45) is 21.1. The van der Waals surface area contributed by atoms with Gasteiger partial charge in [0, 0.05) is 25.1 Å². The van der Waals surface area contributed by atoms with Crippen molar-refractivity contribution in [2.45, 2.75) is 110 Å². The number of pyridine rings is 1. The van der Waals surface area contributed by atoms with E-state index >= 15 is 0 Å². The van der Waals surface area contributed by atoms with Crippen molar-refractivity contribution in [3.8, 4) is 5.75 Å². The Morgan fingerprint density at radius 3 is 1.97 bits per heavy atom. The van der Waals surface area contributed by atoms with Gasteiger partial charge in [-0.2, -0.15) is 0 Å². The van der Waals surface area contributed by atoms with Crippen LogP contribution in [-0.4, -0.2) is 12.5 Å². The van der Waals surface area contributed by atoms with Crippen molar-refractivity contribution >= 4 is 17.5 Å². The second-order valence-electron chi connectivity index (χ2n) is 9.51. The third-order valence-corrected chi connectivity index (χ3v) is 6.66. The van der Waals surface area contributed by atoms with Gasteiger partial charge in [-0.1, -0.05) is 96.1 Å². The smallest absolute Gasteiger partial charge is 0.253 e. The highest BCUT2D eigenvalue weighted by Crippen LogP contribution is 2.23. The minimum atomic E-state index is -0.173. The molecule has 0 spiro atoms. The van der Waals surface area contributed by atoms with E-state index in [4.69, 9.17) is 16.3 Å². The number of halogens is 2. The van der Waals surface area contributed by atoms with Gasteiger partial charge in [0.1, 0.15) is 12.3 Å². The fraction of sp³-hybridized carbons (Fsp3) is 0.600. The molecule has 0 fully saturated rings. The Bertz CT molecular complexity index is 845. The van der Waals surface area contributed by atoms with E-state index in [-0.39, 0.29) is 29.9 Å². The Morgan fingerprint density at radius 2 is 1.42 bits per heavy atom. The molecule has 0 bridgehead atoms. The van der Waals surface area contributed by atoms with E-state index in [1.165, 1.54) is 70.6 Å². The highest BCUT2D eigenvalue weighted by atomic mass is 127. The predicted octanol–water partition coefficient (Wildman–Crippen LogP) is 5.05. The van der Waals surface area contributed by atoms with Crippen LogP contribution in [0, 0.1) is 0 Å². The SMILES string of the molecule is CCCCCCCCCCCCCCOc1ccc(C(=O)NCc2cc[n+](CCC)cc2)c(Cl)c1.[I-]. The van der Waals surface area contributed by atoms with Gasteiger partial charge < -0.3 is 34.0 Å². The molecule has 2 aromatic rings. The highest BCUT2D eigenvalue weighted by molar-refractivity contribution is 6.34. The molecule has 2 rings (SSSR count). The number of aryl methyl sites for hydroxylation is 1. The normalized spacial score (nSPS) is 10.6. The quantitative estimate of drug-likeness (QED) is 0.134. The molecule has 0 saturated carbocycles. The van der Waals surface area contributed by atoms with Crippen molar-refractivity contribution in [3.63, 3.8) is 0 Å². The predicted molar refractivity (Wildman–Crippen MR) is 146 cm³/mol. The molecule has 1 heterocycles. The zero-order valence-corrected chi connectivity index (χ0v) is 25.3. The van der Waals surface area contributed by atoms with Crippen LogP contribution in [0.1, 0.15) is 113 Å². The van der Waals surface area contributed by atoms with Crippen molar-refractivity contribution in [2.24, 2.45) is 0 Å². The fourth-order valence-corrected chi connectivity index (χ4v) is 4.45. The van der Waals surface area contributed by atoms with Crippen LogP contribution in [0.5, 0.6) is 5.75 Å². The lowest BCUT2D eigenvalue weighted by Gasteiger charge is -2.10. The maximum Gasteiger partial charge on any atom is 0.253 e. The van der Waals surface area contributed by atoms with E-state index in [0.717, 1.165) is 30.7 Å². The average molecular weight is 629 g/mol. The number of carbonyl (C=O) groups excluding carboxylic acids is 1. The molecule has 0 atom stereocenters. The van der Waals surface area contributed by atoms with Crippen LogP contribution in [-0.2, 0) is 13.1 Å². The summed E-state index contributed by atoms with van der Waals surface area (Å²) < 4.78 is 7.99. The number of hydrogen-bond donors (Lipinski definition) is 1. The molecule has 0 aliphatic rings. The number of rotatable bonds is 19. The topological polar surface area (TPSA) is 42.2 Å². The van der Waals surface area contributed by atoms with Crippen molar-refractivity contribution in [3.05, 3.63) is 58.9 Å². The Kier molecular flexibility index (Phi) is 18.8. The largest absolute Gasteiger partial charge is 1.00 e. The number of unbranched alkanes of at least 4 members (excludes halogenated alkanes) is 11. The lowest BCUT2D eigenvalue weighted by Crippen LogP contribution is -3.00. The Morgan fingerprint density at radius 1 is 0.833 bits per heavy atom. The van der Waals surface area contributed by atoms with E-state index in [2.05, 4.69) is 23.7 Å². The first-order valence-electron chi connectivity index (χ1n) is 13.8. The minimum absolute atomic E-state index is 0. The maximum absolute atomic E-state index is 12.6. The van der Waals surface area contributed by atoms with Gasteiger partial charge in [-0.05, 0) is 30.2 Å². The summed E-state index contributed by atoms with van der Waals surface area (Å²) in [7, 11) is 0. The van der Waals surface area contributed by atoms with Crippen molar-refractivity contribution < 1.29 is 38.1 Å². The van der Waals surface area contributed by atoms with Crippen LogP contribution in [0.2, 0.25) is 5.02 Å². The number of nitrogens with zero attached hydrogens (tertiary/aromatic N) is 1. The van der Waals surface area contributed by atoms with E-state index in [1.807, 2.05) is 30.6 Å². The summed E-state index contributed by atoms with van der Waals surface area (Å²) in [6.45, 7) is 6.58. The zero-order valence-electron chi connectivity index (χ0n) is 22.4. The Labute approximate surface area is 241 Å². The second-order valence-corrected chi connectivity index (χ2v) is 9.91. The van der Waals surface area contributed by atoms with Crippen LogP contribution < -0.4 is 38.6 Å². The standard InChI is InChI=1S/C30H45ClN2O2.HI/c1-3-5-6-7-8-9-10-11-12-13-14-15-23-35-27-16-17-28(29(31)24-27)30(34)32-25-26-18-21-33(20-4-2)22-19-26;/h16-19,21-22,24H,3-15,20,23,25H2,1-2H3;1H. The van der Waals surface area contributed by atoms with Gasteiger partial charge in [-0.15, -0.1) is 0 Å². The van der Waals surface area contributed by atoms with Crippen LogP contribution in [0.15, 0.2) is 42.7 Å². The molecule has 0 saturated heterocycles. The molecule has 1 amide bonds. The highest BCUT2D eigenvalue weighted by Gasteiger charge is 2.12. The fourth-order valence-electron chi connectivity index (χ4n) is 4.19. The third-order valence-electron chi connectivity index (χ3n) is 6.35. The van der Waals surface area contributed by atoms with Crippen LogP contribution in [0.3, 0.4) is 0 Å². The molecule has 0 radical (unpaired) electrons. The van der Waals surface area contributed by atoms with Gasteiger partial charge in [0.2, 0.25) is 0 Å². The third kappa shape index (κ3) is 13.8. The first-order valence-corrected chi connectivity index (χ1v) is 14.2. The summed E-state index contributed by atoms with van der Waals surface area (Å²) in [6, 6.07) is 9.38. The van der Waals surface area contributed by atoms with Crippen LogP contribution in [0.25, 0.3) is 0 Å². The average Bonchev–Trinajstić information content (AvgIpc) is 2.86. The molecule has 0 unspecified atom stereocenters. The molecular formula is C30H46ClIN2O2. The molecule has 0 aliphatic heterocycles. The van der Waals surface area contributed by atoms with E-state index in [1.54, 1.807) is 12.1 Å². The first kappa shape index (κ1) is 32.7. The van der Waals surface area contributed by atoms with E-state index < -0.39 is 0 Å². The minimum Gasteiger partial charge on any atom is -1.00 e. The summed E-state index contributed by atoms with van der Waals surface area (Å²) >= 11 is 6.38. The molecule has 6 heteroatoms. The second kappa shape index (κ2) is 20.7. The van der Waals surface area contributed by atoms with Gasteiger partial charge >= 0.3 is 0 Å². The van der Waals surface area contributed by atoms with Gasteiger partial charge in [0.15, 0.2) is 12.4 Å². The molecule has 1 aromatic carbocycles. The maximum atomic E-state index is 12.6. The lowest BCUT2D eigenvalue weighted by atomic mass is 10.1. The van der Waals surface area contributed by atoms with Gasteiger partial charge in [-0.3, -0.25) is 4.79 Å². The Hall–Kier alpha value is -1.34. The molecule has 1 aromatic heterocycles. The van der Waals surface area contributed by atoms with E-state index in [9.17, 15) is 4.79 Å². The molecule has 1 N–H and O–H groups in total. The summed E-state index contributed by atoms with van der Waals surface area (Å²) in [5, 5.41) is 3.37. The van der Waals surface area contributed by atoms with Crippen molar-refractivity contribution in [1.29, 1.82) is 0 Å². The number of amides is 1. The number of nitrogens with one attached hydrogen (secondary N) is 1. The number of ether oxygens (including phenoxy) is 1. The summed E-state index contributed by atoms with van der Waals surface area (Å²) in [5.74, 6) is 0.547. The molecule has 4 nitrogen and oxygen atoms in total.